The first-order valence-electron chi connectivity index (χ1n) is 13.1. The molecular weight excluding hydrogens is 505 g/mol. The number of halogens is 6. The summed E-state index contributed by atoms with van der Waals surface area (Å²) in [6.45, 7) is 7.42. The van der Waals surface area contributed by atoms with E-state index in [0.29, 0.717) is 0 Å². The standard InChI is InChI=1S/C26H46OS.F6P/c1-4-5-6-7-8-9-10-11-12-13-14-15-16-17-18-19-22-27-25-20-21-26(28)24(3)23(25)2;1-7(2,3,4,5)6/h20-21,28H,4-19,22H2,1-3H3;/q;-1/p+1. The van der Waals surface area contributed by atoms with Gasteiger partial charge in [0.25, 0.3) is 0 Å². The van der Waals surface area contributed by atoms with Crippen LogP contribution < -0.4 is 4.74 Å². The molecule has 0 heterocycles. The number of ether oxygens (including phenoxy) is 1. The summed E-state index contributed by atoms with van der Waals surface area (Å²) in [5.41, 5.74) is 2.53. The summed E-state index contributed by atoms with van der Waals surface area (Å²) in [6.07, 6.45) is 22.5. The molecule has 1 aromatic carbocycles. The monoisotopic (exact) mass is 552 g/mol. The molecule has 0 aliphatic carbocycles. The van der Waals surface area contributed by atoms with Crippen LogP contribution in [0.2, 0.25) is 0 Å². The van der Waals surface area contributed by atoms with E-state index in [1.165, 1.54) is 114 Å². The molecule has 0 fully saturated rings. The van der Waals surface area contributed by atoms with Crippen molar-refractivity contribution in [2.75, 3.05) is 6.61 Å². The molecule has 0 unspecified atom stereocenters. The van der Waals surface area contributed by atoms with Crippen LogP contribution in [0.3, 0.4) is 0 Å². The normalized spacial score (nSPS) is 13.5. The molecule has 0 saturated heterocycles. The molecule has 9 heteroatoms. The molecule has 0 aliphatic rings. The van der Waals surface area contributed by atoms with Crippen LogP contribution in [0.4, 0.5) is 25.2 Å². The Labute approximate surface area is 214 Å². The molecule has 0 aromatic heterocycles. The van der Waals surface area contributed by atoms with Crippen LogP contribution in [-0.4, -0.2) is 6.61 Å². The molecule has 1 nitrogen and oxygen atoms in total. The second kappa shape index (κ2) is 16.3. The van der Waals surface area contributed by atoms with E-state index in [0.717, 1.165) is 17.3 Å². The third-order valence-electron chi connectivity index (χ3n) is 5.99. The number of hydrogen-bond acceptors (Lipinski definition) is 1. The summed E-state index contributed by atoms with van der Waals surface area (Å²) in [7, 11) is -10.7. The van der Waals surface area contributed by atoms with Crippen molar-refractivity contribution in [1.29, 1.82) is 0 Å². The first kappa shape index (κ1) is 34.4. The van der Waals surface area contributed by atoms with E-state index in [1.54, 1.807) is 0 Å². The van der Waals surface area contributed by atoms with E-state index in [2.05, 4.69) is 45.5 Å². The van der Waals surface area contributed by atoms with Gasteiger partial charge in [0.15, 0.2) is 4.90 Å². The maximum atomic E-state index is 9.87. The zero-order valence-corrected chi connectivity index (χ0v) is 23.7. The van der Waals surface area contributed by atoms with Gasteiger partial charge in [-0.2, -0.15) is 0 Å². The van der Waals surface area contributed by atoms with Gasteiger partial charge in [0.05, 0.1) is 6.61 Å². The van der Waals surface area contributed by atoms with Gasteiger partial charge >= 0.3 is 33.0 Å². The van der Waals surface area contributed by atoms with Crippen LogP contribution >= 0.6 is 7.81 Å². The predicted octanol–water partition coefficient (Wildman–Crippen LogP) is 11.7. The predicted molar refractivity (Wildman–Crippen MR) is 143 cm³/mol. The number of hydrogen-bond donors (Lipinski definition) is 0. The van der Waals surface area contributed by atoms with Gasteiger partial charge in [0.2, 0.25) is 0 Å². The van der Waals surface area contributed by atoms with Crippen molar-refractivity contribution in [1.82, 2.24) is 0 Å². The van der Waals surface area contributed by atoms with E-state index in [4.69, 9.17) is 4.74 Å². The molecule has 0 spiro atoms. The number of unbranched alkanes of at least 4 members (excludes halogenated alkanes) is 15. The van der Waals surface area contributed by atoms with Crippen LogP contribution in [0.5, 0.6) is 5.75 Å². The average molecular weight is 553 g/mol. The summed E-state index contributed by atoms with van der Waals surface area (Å²) in [5, 5.41) is 0. The van der Waals surface area contributed by atoms with Gasteiger partial charge in [0.1, 0.15) is 5.75 Å². The Bertz CT molecular complexity index is 683. The Kier molecular flexibility index (Phi) is 16.0. The second-order valence-electron chi connectivity index (χ2n) is 9.47. The van der Waals surface area contributed by atoms with E-state index in [1.807, 2.05) is 0 Å². The SMILES string of the molecule is CCCCCCCCCCCCCCCCCCOc1ccc([SH2+])c(C)c1C.F[P-](F)(F)(F)(F)F. The maximum absolute atomic E-state index is 10.7. The van der Waals surface area contributed by atoms with E-state index in [9.17, 15) is 25.2 Å². The molecule has 0 radical (unpaired) electrons. The molecule has 1 aromatic rings. The zero-order valence-electron chi connectivity index (χ0n) is 21.8. The fourth-order valence-corrected chi connectivity index (χ4v) is 4.06. The van der Waals surface area contributed by atoms with Crippen molar-refractivity contribution in [3.05, 3.63) is 23.3 Å². The van der Waals surface area contributed by atoms with Crippen LogP contribution in [0.25, 0.3) is 0 Å². The van der Waals surface area contributed by atoms with Crippen molar-refractivity contribution >= 4 is 20.4 Å². The minimum atomic E-state index is -10.7. The van der Waals surface area contributed by atoms with Crippen molar-refractivity contribution < 1.29 is 29.9 Å². The first-order valence-corrected chi connectivity index (χ1v) is 15.7. The van der Waals surface area contributed by atoms with Gasteiger partial charge in [-0.15, -0.1) is 0 Å². The zero-order chi connectivity index (χ0) is 26.9. The van der Waals surface area contributed by atoms with Gasteiger partial charge in [-0.25, -0.2) is 0 Å². The molecular formula is C26H47F6OPS. The number of rotatable bonds is 18. The van der Waals surface area contributed by atoms with Crippen molar-refractivity contribution in [3.63, 3.8) is 0 Å². The third-order valence-corrected chi connectivity index (χ3v) is 6.53. The third kappa shape index (κ3) is 26.3. The van der Waals surface area contributed by atoms with Gasteiger partial charge in [-0.3, -0.25) is 0 Å². The van der Waals surface area contributed by atoms with Gasteiger partial charge in [-0.1, -0.05) is 103 Å². The molecule has 0 bridgehead atoms. The fourth-order valence-electron chi connectivity index (χ4n) is 3.78. The second-order valence-corrected chi connectivity index (χ2v) is 11.9. The molecule has 0 aliphatic heterocycles. The van der Waals surface area contributed by atoms with Crippen molar-refractivity contribution in [3.8, 4) is 5.75 Å². The molecule has 0 N–H and O–H groups in total. The van der Waals surface area contributed by atoms with Crippen LogP contribution in [-0.2, 0) is 12.6 Å². The Morgan fingerprint density at radius 3 is 1.31 bits per heavy atom. The van der Waals surface area contributed by atoms with Gasteiger partial charge < -0.3 is 4.74 Å². The van der Waals surface area contributed by atoms with Gasteiger partial charge in [0, 0.05) is 5.56 Å². The number of benzene rings is 1. The molecule has 0 atom stereocenters. The van der Waals surface area contributed by atoms with Crippen molar-refractivity contribution in [2.45, 2.75) is 128 Å². The van der Waals surface area contributed by atoms with E-state index < -0.39 is 7.81 Å². The van der Waals surface area contributed by atoms with Crippen LogP contribution in [0.15, 0.2) is 17.0 Å². The summed E-state index contributed by atoms with van der Waals surface area (Å²) in [4.78, 5) is 1.16. The molecule has 0 saturated carbocycles. The summed E-state index contributed by atoms with van der Waals surface area (Å²) < 4.78 is 65.2. The van der Waals surface area contributed by atoms with Crippen LogP contribution in [0.1, 0.15) is 121 Å². The minimum absolute atomic E-state index is 0.847. The molecule has 210 valence electrons. The topological polar surface area (TPSA) is 9.23 Å². The Morgan fingerprint density at radius 1 is 0.600 bits per heavy atom. The Hall–Kier alpha value is -0.620. The average Bonchev–Trinajstić information content (AvgIpc) is 2.73. The summed E-state index contributed by atoms with van der Waals surface area (Å²) in [6, 6.07) is 4.17. The van der Waals surface area contributed by atoms with Crippen LogP contribution in [0, 0.1) is 13.8 Å². The van der Waals surface area contributed by atoms with E-state index >= 15 is 0 Å². The summed E-state index contributed by atoms with van der Waals surface area (Å²) >= 11 is 3.63. The molecule has 35 heavy (non-hydrogen) atoms. The summed E-state index contributed by atoms with van der Waals surface area (Å²) in [5.74, 6) is 1.04. The Balaban J connectivity index is 0.00000143. The van der Waals surface area contributed by atoms with Crippen molar-refractivity contribution in [2.24, 2.45) is 0 Å². The Morgan fingerprint density at radius 2 is 0.943 bits per heavy atom. The van der Waals surface area contributed by atoms with Gasteiger partial charge in [-0.05, 0) is 50.6 Å². The fraction of sp³-hybridized carbons (Fsp3) is 0.769. The molecule has 1 rings (SSSR count). The molecule has 0 amide bonds. The quantitative estimate of drug-likeness (QED) is 0.0762. The van der Waals surface area contributed by atoms with E-state index in [-0.39, 0.29) is 0 Å². The first-order chi connectivity index (χ1) is 16.1.